The van der Waals surface area contributed by atoms with Crippen molar-refractivity contribution >= 4 is 23.7 Å². The Kier molecular flexibility index (Phi) is 1.70. The highest BCUT2D eigenvalue weighted by atomic mass is 35.5. The van der Waals surface area contributed by atoms with Crippen LogP contribution in [0.2, 0.25) is 0 Å². The predicted molar refractivity (Wildman–Crippen MR) is 46.4 cm³/mol. The van der Waals surface area contributed by atoms with Crippen molar-refractivity contribution in [1.29, 1.82) is 0 Å². The Hall–Kier alpha value is -1.15. The minimum atomic E-state index is -0.209. The van der Waals surface area contributed by atoms with Crippen LogP contribution in [0.15, 0.2) is 24.3 Å². The zero-order valence-corrected chi connectivity index (χ0v) is 7.01. The maximum Gasteiger partial charge on any atom is 0.417 e. The highest BCUT2D eigenvalue weighted by Gasteiger charge is 2.24. The molecule has 12 heavy (non-hydrogen) atoms. The summed E-state index contributed by atoms with van der Waals surface area (Å²) in [6, 6.07) is 7.34. The van der Waals surface area contributed by atoms with Gasteiger partial charge in [0.25, 0.3) is 0 Å². The molecule has 0 saturated carbocycles. The van der Waals surface area contributed by atoms with Crippen molar-refractivity contribution in [1.82, 2.24) is 0 Å². The van der Waals surface area contributed by atoms with Crippen LogP contribution in [-0.2, 0) is 0 Å². The smallest absolute Gasteiger partial charge is 0.214 e. The van der Waals surface area contributed by atoms with Crippen LogP contribution in [0.4, 0.5) is 0 Å². The van der Waals surface area contributed by atoms with E-state index >= 15 is 0 Å². The van der Waals surface area contributed by atoms with Crippen LogP contribution in [0.25, 0.3) is 0 Å². The monoisotopic (exact) mass is 180 g/mol. The summed E-state index contributed by atoms with van der Waals surface area (Å²) in [7, 11) is 0. The fraction of sp³-hybridized carbons (Fsp3) is 0.111. The average molecular weight is 181 g/mol. The molecule has 2 rings (SSSR count). The zero-order valence-electron chi connectivity index (χ0n) is 6.25. The van der Waals surface area contributed by atoms with Crippen molar-refractivity contribution in [2.45, 2.75) is 5.38 Å². The maximum atomic E-state index is 11.2. The molecule has 0 bridgehead atoms. The Morgan fingerprint density at radius 2 is 2.08 bits per heavy atom. The fourth-order valence-corrected chi connectivity index (χ4v) is 1.51. The molecule has 1 aromatic carbocycles. The summed E-state index contributed by atoms with van der Waals surface area (Å²) in [6.45, 7) is 0. The molecule has 0 spiro atoms. The topological polar surface area (TPSA) is 31.0 Å². The molecule has 0 aromatic heterocycles. The number of benzene rings is 1. The van der Waals surface area contributed by atoms with E-state index < -0.39 is 0 Å². The van der Waals surface area contributed by atoms with E-state index in [1.165, 1.54) is 0 Å². The number of halogens is 1. The molecule has 2 nitrogen and oxygen atoms in total. The number of hydrogen-bond donors (Lipinski definition) is 1. The van der Waals surface area contributed by atoms with E-state index in [4.69, 9.17) is 11.6 Å². The second-order valence-corrected chi connectivity index (χ2v) is 3.10. The third kappa shape index (κ3) is 1.04. The number of rotatable bonds is 0. The van der Waals surface area contributed by atoms with Gasteiger partial charge in [-0.2, -0.15) is 4.99 Å². The number of carbonyl (C=O) groups excluding carboxylic acids is 1. The van der Waals surface area contributed by atoms with Gasteiger partial charge in [0.05, 0.1) is 5.56 Å². The van der Waals surface area contributed by atoms with Crippen LogP contribution >= 0.6 is 11.6 Å². The number of alkyl halides is 1. The Balaban J connectivity index is 2.61. The first-order chi connectivity index (χ1) is 5.79. The molecule has 0 saturated heterocycles. The Morgan fingerprint density at radius 3 is 2.83 bits per heavy atom. The van der Waals surface area contributed by atoms with E-state index in [0.29, 0.717) is 5.56 Å². The number of amides is 1. The van der Waals surface area contributed by atoms with E-state index in [1.807, 2.05) is 18.2 Å². The number of nitrogens with one attached hydrogen (secondary N) is 1. The lowest BCUT2D eigenvalue weighted by Crippen LogP contribution is -2.75. The van der Waals surface area contributed by atoms with E-state index in [-0.39, 0.29) is 11.3 Å². The minimum Gasteiger partial charge on any atom is -0.214 e. The summed E-state index contributed by atoms with van der Waals surface area (Å²) in [6.07, 6.45) is 1.59. The van der Waals surface area contributed by atoms with Crippen molar-refractivity contribution < 1.29 is 9.79 Å². The molecular formula is C9H7ClNO+. The first kappa shape index (κ1) is 7.50. The predicted octanol–water partition coefficient (Wildman–Crippen LogP) is 0.272. The van der Waals surface area contributed by atoms with Gasteiger partial charge in [-0.05, 0) is 11.6 Å². The lowest BCUT2D eigenvalue weighted by atomic mass is 10.0. The summed E-state index contributed by atoms with van der Waals surface area (Å²) in [5, 5.41) is -0.209. The summed E-state index contributed by atoms with van der Waals surface area (Å²) < 4.78 is 0. The largest absolute Gasteiger partial charge is 0.417 e. The van der Waals surface area contributed by atoms with Crippen molar-refractivity contribution in [3.8, 4) is 0 Å². The van der Waals surface area contributed by atoms with Gasteiger partial charge in [0.1, 0.15) is 5.38 Å². The van der Waals surface area contributed by atoms with Crippen molar-refractivity contribution in [3.63, 3.8) is 0 Å². The third-order valence-corrected chi connectivity index (χ3v) is 2.22. The summed E-state index contributed by atoms with van der Waals surface area (Å²) in [4.78, 5) is 13.8. The molecular weight excluding hydrogens is 174 g/mol. The number of carbonyl (C=O) groups is 1. The van der Waals surface area contributed by atoms with Gasteiger partial charge in [-0.3, -0.25) is 0 Å². The van der Waals surface area contributed by atoms with Gasteiger partial charge >= 0.3 is 5.91 Å². The molecule has 0 radical (unpaired) electrons. The van der Waals surface area contributed by atoms with Crippen molar-refractivity contribution in [3.05, 3.63) is 35.4 Å². The first-order valence-corrected chi connectivity index (χ1v) is 4.10. The van der Waals surface area contributed by atoms with Gasteiger partial charge in [-0.1, -0.05) is 18.2 Å². The standard InChI is InChI=1S/C9H6ClNO/c10-8-5-11-9(12)7-4-2-1-3-6(7)8/h1-5,8H/p+1. The fourth-order valence-electron chi connectivity index (χ4n) is 1.26. The molecule has 1 aliphatic rings. The normalized spacial score (nSPS) is 20.8. The van der Waals surface area contributed by atoms with Crippen LogP contribution in [0, 0.1) is 0 Å². The van der Waals surface area contributed by atoms with Gasteiger partial charge < -0.3 is 0 Å². The van der Waals surface area contributed by atoms with Crippen LogP contribution in [0.3, 0.4) is 0 Å². The molecule has 1 N–H and O–H groups in total. The van der Waals surface area contributed by atoms with E-state index in [2.05, 4.69) is 4.99 Å². The van der Waals surface area contributed by atoms with Crippen LogP contribution < -0.4 is 4.99 Å². The molecule has 1 aromatic rings. The lowest BCUT2D eigenvalue weighted by Gasteiger charge is -2.07. The highest BCUT2D eigenvalue weighted by Crippen LogP contribution is 2.22. The lowest BCUT2D eigenvalue weighted by molar-refractivity contribution is -0.342. The quantitative estimate of drug-likeness (QED) is 0.571. The van der Waals surface area contributed by atoms with Gasteiger partial charge in [-0.15, -0.1) is 11.6 Å². The van der Waals surface area contributed by atoms with Crippen molar-refractivity contribution in [2.75, 3.05) is 0 Å². The minimum absolute atomic E-state index is 0.0810. The molecule has 0 fully saturated rings. The van der Waals surface area contributed by atoms with Crippen molar-refractivity contribution in [2.24, 2.45) is 0 Å². The Labute approximate surface area is 74.9 Å². The summed E-state index contributed by atoms with van der Waals surface area (Å²) in [5.74, 6) is -0.0810. The Bertz CT molecular complexity index is 359. The van der Waals surface area contributed by atoms with Crippen LogP contribution in [0.1, 0.15) is 21.3 Å². The van der Waals surface area contributed by atoms with E-state index in [1.54, 1.807) is 12.3 Å². The van der Waals surface area contributed by atoms with Gasteiger partial charge in [0.2, 0.25) is 0 Å². The molecule has 3 heteroatoms. The van der Waals surface area contributed by atoms with Crippen LogP contribution in [0.5, 0.6) is 0 Å². The zero-order chi connectivity index (χ0) is 8.55. The number of fused-ring (bicyclic) bond motifs is 1. The average Bonchev–Trinajstić information content (AvgIpc) is 2.12. The van der Waals surface area contributed by atoms with E-state index in [0.717, 1.165) is 5.56 Å². The number of hydrogen-bond acceptors (Lipinski definition) is 1. The van der Waals surface area contributed by atoms with Gasteiger partial charge in [0.15, 0.2) is 6.21 Å². The summed E-state index contributed by atoms with van der Waals surface area (Å²) >= 11 is 5.94. The van der Waals surface area contributed by atoms with E-state index in [9.17, 15) is 4.79 Å². The van der Waals surface area contributed by atoms with Crippen LogP contribution in [-0.4, -0.2) is 12.1 Å². The molecule has 0 aliphatic carbocycles. The molecule has 1 unspecified atom stereocenters. The first-order valence-electron chi connectivity index (χ1n) is 3.66. The molecule has 1 atom stereocenters. The molecule has 1 heterocycles. The van der Waals surface area contributed by atoms with Gasteiger partial charge in [0, 0.05) is 0 Å². The Morgan fingerprint density at radius 1 is 1.33 bits per heavy atom. The highest BCUT2D eigenvalue weighted by molar-refractivity contribution is 6.29. The second kappa shape index (κ2) is 2.72. The van der Waals surface area contributed by atoms with Gasteiger partial charge in [-0.25, -0.2) is 4.79 Å². The second-order valence-electron chi connectivity index (χ2n) is 2.63. The maximum absolute atomic E-state index is 11.2. The molecule has 60 valence electrons. The summed E-state index contributed by atoms with van der Waals surface area (Å²) in [5.41, 5.74) is 1.54. The molecule has 1 amide bonds. The third-order valence-electron chi connectivity index (χ3n) is 1.86. The SMILES string of the molecule is O=C1[NH+]=CC(Cl)c2ccccc21. The molecule has 1 aliphatic heterocycles.